The molecule has 2 aromatic rings. The Morgan fingerprint density at radius 1 is 1.22 bits per heavy atom. The van der Waals surface area contributed by atoms with Gasteiger partial charge in [-0.25, -0.2) is 0 Å². The van der Waals surface area contributed by atoms with E-state index < -0.39 is 5.91 Å². The molecule has 1 N–H and O–H groups in total. The molecule has 27 heavy (non-hydrogen) atoms. The number of nitriles is 1. The highest BCUT2D eigenvalue weighted by molar-refractivity contribution is 6.37. The lowest BCUT2D eigenvalue weighted by Crippen LogP contribution is -2.13. The summed E-state index contributed by atoms with van der Waals surface area (Å²) in [6, 6.07) is 11.7. The Morgan fingerprint density at radius 3 is 2.44 bits per heavy atom. The van der Waals surface area contributed by atoms with Gasteiger partial charge >= 0.3 is 0 Å². The number of ether oxygens (including phenoxy) is 1. The van der Waals surface area contributed by atoms with E-state index in [1.54, 1.807) is 36.4 Å². The van der Waals surface area contributed by atoms with Crippen molar-refractivity contribution in [2.24, 2.45) is 5.92 Å². The van der Waals surface area contributed by atoms with Gasteiger partial charge in [0, 0.05) is 10.7 Å². The maximum atomic E-state index is 12.3. The van der Waals surface area contributed by atoms with E-state index in [1.807, 2.05) is 19.9 Å². The van der Waals surface area contributed by atoms with Crippen LogP contribution in [-0.2, 0) is 4.79 Å². The van der Waals surface area contributed by atoms with Crippen molar-refractivity contribution in [3.05, 3.63) is 62.6 Å². The summed E-state index contributed by atoms with van der Waals surface area (Å²) in [6.07, 6.45) is 1.41. The summed E-state index contributed by atoms with van der Waals surface area (Å²) in [5, 5.41) is 13.0. The summed E-state index contributed by atoms with van der Waals surface area (Å²) in [7, 11) is 0. The van der Waals surface area contributed by atoms with Gasteiger partial charge in [-0.15, -0.1) is 0 Å². The Kier molecular flexibility index (Phi) is 7.55. The van der Waals surface area contributed by atoms with E-state index in [0.717, 1.165) is 0 Å². The lowest BCUT2D eigenvalue weighted by molar-refractivity contribution is -0.112. The topological polar surface area (TPSA) is 62.1 Å². The first-order valence-electron chi connectivity index (χ1n) is 8.10. The van der Waals surface area contributed by atoms with Crippen molar-refractivity contribution in [2.75, 3.05) is 11.9 Å². The van der Waals surface area contributed by atoms with E-state index in [0.29, 0.717) is 44.6 Å². The fraction of sp³-hybridized carbons (Fsp3) is 0.200. The van der Waals surface area contributed by atoms with Crippen molar-refractivity contribution in [1.82, 2.24) is 0 Å². The minimum absolute atomic E-state index is 0.0991. The van der Waals surface area contributed by atoms with Gasteiger partial charge in [-0.2, -0.15) is 5.26 Å². The quantitative estimate of drug-likeness (QED) is 0.442. The van der Waals surface area contributed by atoms with E-state index in [1.165, 1.54) is 6.08 Å². The molecule has 2 aromatic carbocycles. The summed E-state index contributed by atoms with van der Waals surface area (Å²) in [4.78, 5) is 12.3. The van der Waals surface area contributed by atoms with Crippen LogP contribution in [0.2, 0.25) is 15.1 Å². The van der Waals surface area contributed by atoms with Gasteiger partial charge in [0.05, 0.1) is 16.7 Å². The van der Waals surface area contributed by atoms with E-state index in [9.17, 15) is 10.1 Å². The monoisotopic (exact) mass is 422 g/mol. The fourth-order valence-corrected chi connectivity index (χ4v) is 2.93. The third-order valence-corrected chi connectivity index (χ3v) is 4.14. The molecule has 0 atom stereocenters. The van der Waals surface area contributed by atoms with Crippen LogP contribution in [0.5, 0.6) is 5.75 Å². The normalized spacial score (nSPS) is 11.2. The van der Waals surface area contributed by atoms with Gasteiger partial charge in [0.1, 0.15) is 11.6 Å². The summed E-state index contributed by atoms with van der Waals surface area (Å²) in [6.45, 7) is 4.49. The summed E-state index contributed by atoms with van der Waals surface area (Å²) < 4.78 is 5.61. The molecule has 0 spiro atoms. The lowest BCUT2D eigenvalue weighted by Gasteiger charge is -2.12. The molecule has 0 aliphatic rings. The highest BCUT2D eigenvalue weighted by Gasteiger charge is 2.13. The van der Waals surface area contributed by atoms with Crippen LogP contribution >= 0.6 is 34.8 Å². The summed E-state index contributed by atoms with van der Waals surface area (Å²) >= 11 is 18.4. The molecular formula is C20H17Cl3N2O2. The Balaban J connectivity index is 2.24. The van der Waals surface area contributed by atoms with Crippen molar-refractivity contribution in [3.8, 4) is 11.8 Å². The third kappa shape index (κ3) is 6.18. The van der Waals surface area contributed by atoms with Crippen molar-refractivity contribution >= 4 is 52.5 Å². The highest BCUT2D eigenvalue weighted by Crippen LogP contribution is 2.35. The molecule has 0 aliphatic heterocycles. The van der Waals surface area contributed by atoms with Crippen LogP contribution in [0.1, 0.15) is 19.4 Å². The number of nitrogens with zero attached hydrogens (tertiary/aromatic N) is 1. The van der Waals surface area contributed by atoms with Gasteiger partial charge in [-0.3, -0.25) is 4.79 Å². The van der Waals surface area contributed by atoms with Gasteiger partial charge in [-0.1, -0.05) is 54.7 Å². The standard InChI is InChI=1S/C20H17Cl3N2O2/c1-12(2)11-27-19-17(22)7-13(8-18(19)23)6-14(10-24)20(26)25-16-5-3-4-15(21)9-16/h3-9,12H,11H2,1-2H3,(H,25,26)/b14-6+. The lowest BCUT2D eigenvalue weighted by atomic mass is 10.1. The zero-order valence-corrected chi connectivity index (χ0v) is 17.0. The minimum atomic E-state index is -0.563. The van der Waals surface area contributed by atoms with Crippen LogP contribution in [0.15, 0.2) is 42.0 Å². The molecule has 0 saturated heterocycles. The van der Waals surface area contributed by atoms with E-state index in [-0.39, 0.29) is 5.57 Å². The number of carbonyl (C=O) groups excluding carboxylic acids is 1. The summed E-state index contributed by atoms with van der Waals surface area (Å²) in [5.41, 5.74) is 0.903. The first-order chi connectivity index (χ1) is 12.8. The van der Waals surface area contributed by atoms with Gasteiger partial charge in [0.2, 0.25) is 0 Å². The van der Waals surface area contributed by atoms with Crippen molar-refractivity contribution in [1.29, 1.82) is 5.26 Å². The number of hydrogen-bond acceptors (Lipinski definition) is 3. The first-order valence-corrected chi connectivity index (χ1v) is 9.24. The number of nitrogens with one attached hydrogen (secondary N) is 1. The number of rotatable bonds is 6. The van der Waals surface area contributed by atoms with Crippen molar-refractivity contribution in [2.45, 2.75) is 13.8 Å². The number of benzene rings is 2. The fourth-order valence-electron chi connectivity index (χ4n) is 2.13. The second kappa shape index (κ2) is 9.66. The molecule has 0 unspecified atom stereocenters. The van der Waals surface area contributed by atoms with Gasteiger partial charge < -0.3 is 10.1 Å². The molecule has 4 nitrogen and oxygen atoms in total. The zero-order chi connectivity index (χ0) is 20.0. The van der Waals surface area contributed by atoms with Crippen LogP contribution in [0.3, 0.4) is 0 Å². The second-order valence-electron chi connectivity index (χ2n) is 6.15. The first kappa shape index (κ1) is 21.1. The van der Waals surface area contributed by atoms with Crippen LogP contribution in [0.25, 0.3) is 6.08 Å². The van der Waals surface area contributed by atoms with Gasteiger partial charge in [0.25, 0.3) is 5.91 Å². The van der Waals surface area contributed by atoms with Crippen LogP contribution in [-0.4, -0.2) is 12.5 Å². The maximum absolute atomic E-state index is 12.3. The molecule has 2 rings (SSSR count). The van der Waals surface area contributed by atoms with Gasteiger partial charge in [-0.05, 0) is 47.9 Å². The molecule has 0 heterocycles. The molecule has 0 saturated carbocycles. The molecule has 0 radical (unpaired) electrons. The Labute approximate surface area is 173 Å². The average Bonchev–Trinajstić information content (AvgIpc) is 2.58. The second-order valence-corrected chi connectivity index (χ2v) is 7.40. The molecule has 7 heteroatoms. The number of amides is 1. The zero-order valence-electron chi connectivity index (χ0n) is 14.7. The Bertz CT molecular complexity index is 895. The van der Waals surface area contributed by atoms with Crippen LogP contribution in [0, 0.1) is 17.2 Å². The van der Waals surface area contributed by atoms with E-state index in [2.05, 4.69) is 5.32 Å². The largest absolute Gasteiger partial charge is 0.490 e. The van der Waals surface area contributed by atoms with Crippen LogP contribution in [0.4, 0.5) is 5.69 Å². The summed E-state index contributed by atoms with van der Waals surface area (Å²) in [5.74, 6) is 0.135. The predicted octanol–water partition coefficient (Wildman–Crippen LogP) is 6.23. The van der Waals surface area contributed by atoms with Crippen molar-refractivity contribution < 1.29 is 9.53 Å². The minimum Gasteiger partial charge on any atom is -0.490 e. The maximum Gasteiger partial charge on any atom is 0.266 e. The average molecular weight is 424 g/mol. The molecule has 1 amide bonds. The number of hydrogen-bond donors (Lipinski definition) is 1. The molecule has 0 bridgehead atoms. The third-order valence-electron chi connectivity index (χ3n) is 3.34. The van der Waals surface area contributed by atoms with Crippen LogP contribution < -0.4 is 10.1 Å². The molecule has 0 aliphatic carbocycles. The number of carbonyl (C=O) groups is 1. The van der Waals surface area contributed by atoms with Gasteiger partial charge in [0.15, 0.2) is 5.75 Å². The number of anilines is 1. The molecule has 0 aromatic heterocycles. The highest BCUT2D eigenvalue weighted by atomic mass is 35.5. The molecule has 140 valence electrons. The predicted molar refractivity (Wildman–Crippen MR) is 110 cm³/mol. The molecule has 0 fully saturated rings. The smallest absolute Gasteiger partial charge is 0.266 e. The van der Waals surface area contributed by atoms with E-state index >= 15 is 0 Å². The van der Waals surface area contributed by atoms with E-state index in [4.69, 9.17) is 39.5 Å². The van der Waals surface area contributed by atoms with Crippen molar-refractivity contribution in [3.63, 3.8) is 0 Å². The SMILES string of the molecule is CC(C)COc1c(Cl)cc(/C=C(\C#N)C(=O)Nc2cccc(Cl)c2)cc1Cl. The Morgan fingerprint density at radius 2 is 1.89 bits per heavy atom. The number of halogens is 3. The molecular weight excluding hydrogens is 407 g/mol. The Hall–Kier alpha value is -2.19.